The first kappa shape index (κ1) is 12.3. The van der Waals surface area contributed by atoms with Gasteiger partial charge in [-0.05, 0) is 24.5 Å². The minimum atomic E-state index is -0.926. The molecule has 3 N–H and O–H groups in total. The molecule has 17 heavy (non-hydrogen) atoms. The smallest absolute Gasteiger partial charge is 0.338 e. The summed E-state index contributed by atoms with van der Waals surface area (Å²) < 4.78 is 0. The summed E-state index contributed by atoms with van der Waals surface area (Å²) in [4.78, 5) is 11.1. The molecule has 0 aliphatic heterocycles. The molecule has 0 bridgehead atoms. The van der Waals surface area contributed by atoms with E-state index in [1.54, 1.807) is 6.07 Å². The fourth-order valence-electron chi connectivity index (χ4n) is 2.26. The third-order valence-electron chi connectivity index (χ3n) is 3.17. The number of carboxylic acids is 1. The third kappa shape index (κ3) is 2.94. The summed E-state index contributed by atoms with van der Waals surface area (Å²) in [6.45, 7) is 0. The van der Waals surface area contributed by atoms with Crippen molar-refractivity contribution in [1.29, 1.82) is 0 Å². The van der Waals surface area contributed by atoms with E-state index in [0.717, 1.165) is 11.3 Å². The van der Waals surface area contributed by atoms with Gasteiger partial charge in [0, 0.05) is 16.7 Å². The van der Waals surface area contributed by atoms with E-state index in [4.69, 9.17) is 10.8 Å². The maximum atomic E-state index is 11.1. The molecule has 0 heterocycles. The highest BCUT2D eigenvalue weighted by Gasteiger charge is 2.18. The second-order valence-corrected chi connectivity index (χ2v) is 5.69. The largest absolute Gasteiger partial charge is 0.478 e. The molecule has 0 radical (unpaired) electrons. The number of hydrogen-bond donors (Lipinski definition) is 2. The molecular weight excluding hydrogens is 234 g/mol. The second-order valence-electron chi connectivity index (χ2n) is 4.40. The van der Waals surface area contributed by atoms with Crippen LogP contribution in [0.25, 0.3) is 0 Å². The molecule has 0 aromatic heterocycles. The number of anilines is 1. The van der Waals surface area contributed by atoms with Crippen LogP contribution in [0.5, 0.6) is 0 Å². The first-order valence-corrected chi connectivity index (χ1v) is 6.95. The van der Waals surface area contributed by atoms with Crippen molar-refractivity contribution in [3.05, 3.63) is 29.3 Å². The number of aromatic carboxylic acids is 1. The van der Waals surface area contributed by atoms with E-state index in [0.29, 0.717) is 10.9 Å². The Bertz CT molecular complexity index is 414. The monoisotopic (exact) mass is 251 g/mol. The molecule has 1 aliphatic carbocycles. The SMILES string of the molecule is Nc1cccc(CSC2CCCC2)c1C(=O)O. The molecule has 1 aromatic rings. The second kappa shape index (κ2) is 5.45. The van der Waals surface area contributed by atoms with Gasteiger partial charge < -0.3 is 10.8 Å². The lowest BCUT2D eigenvalue weighted by atomic mass is 10.1. The summed E-state index contributed by atoms with van der Waals surface area (Å²) in [6, 6.07) is 5.33. The van der Waals surface area contributed by atoms with Crippen LogP contribution < -0.4 is 5.73 Å². The van der Waals surface area contributed by atoms with Crippen molar-refractivity contribution >= 4 is 23.4 Å². The highest BCUT2D eigenvalue weighted by molar-refractivity contribution is 7.99. The van der Waals surface area contributed by atoms with Gasteiger partial charge in [-0.25, -0.2) is 4.79 Å². The fraction of sp³-hybridized carbons (Fsp3) is 0.462. The zero-order valence-corrected chi connectivity index (χ0v) is 10.5. The Morgan fingerprint density at radius 2 is 2.12 bits per heavy atom. The van der Waals surface area contributed by atoms with Gasteiger partial charge in [-0.15, -0.1) is 0 Å². The quantitative estimate of drug-likeness (QED) is 0.807. The maximum Gasteiger partial charge on any atom is 0.338 e. The van der Waals surface area contributed by atoms with E-state index < -0.39 is 5.97 Å². The van der Waals surface area contributed by atoms with E-state index in [1.807, 2.05) is 23.9 Å². The van der Waals surface area contributed by atoms with Crippen LogP contribution in [0.2, 0.25) is 0 Å². The van der Waals surface area contributed by atoms with Crippen LogP contribution in [-0.2, 0) is 5.75 Å². The minimum absolute atomic E-state index is 0.276. The van der Waals surface area contributed by atoms with E-state index in [2.05, 4.69) is 0 Å². The van der Waals surface area contributed by atoms with Crippen LogP contribution in [0.4, 0.5) is 5.69 Å². The standard InChI is InChI=1S/C13H17NO2S/c14-11-7-3-4-9(12(11)13(15)16)8-17-10-5-1-2-6-10/h3-4,7,10H,1-2,5-6,8,14H2,(H,15,16). The number of thioether (sulfide) groups is 1. The number of carbonyl (C=O) groups is 1. The first-order chi connectivity index (χ1) is 8.18. The Kier molecular flexibility index (Phi) is 3.94. The summed E-state index contributed by atoms with van der Waals surface area (Å²) in [7, 11) is 0. The Morgan fingerprint density at radius 1 is 1.41 bits per heavy atom. The van der Waals surface area contributed by atoms with Gasteiger partial charge in [-0.2, -0.15) is 11.8 Å². The molecule has 92 valence electrons. The Morgan fingerprint density at radius 3 is 2.76 bits per heavy atom. The van der Waals surface area contributed by atoms with Gasteiger partial charge in [0.1, 0.15) is 0 Å². The highest BCUT2D eigenvalue weighted by Crippen LogP contribution is 2.32. The van der Waals surface area contributed by atoms with Gasteiger partial charge >= 0.3 is 5.97 Å². The fourth-order valence-corrected chi connectivity index (χ4v) is 3.59. The Hall–Kier alpha value is -1.16. The molecule has 2 rings (SSSR count). The molecule has 0 atom stereocenters. The van der Waals surface area contributed by atoms with Crippen LogP contribution in [0, 0.1) is 0 Å². The van der Waals surface area contributed by atoms with Crippen LogP contribution in [0.3, 0.4) is 0 Å². The molecule has 1 aliphatic rings. The van der Waals surface area contributed by atoms with Gasteiger partial charge in [0.15, 0.2) is 0 Å². The van der Waals surface area contributed by atoms with Gasteiger partial charge in [0.2, 0.25) is 0 Å². The number of rotatable bonds is 4. The lowest BCUT2D eigenvalue weighted by Gasteiger charge is -2.11. The molecule has 4 heteroatoms. The molecule has 0 saturated heterocycles. The zero-order valence-electron chi connectivity index (χ0n) is 9.69. The molecule has 1 fully saturated rings. The summed E-state index contributed by atoms with van der Waals surface area (Å²) >= 11 is 1.86. The van der Waals surface area contributed by atoms with Crippen molar-refractivity contribution in [3.8, 4) is 0 Å². The Labute approximate surface area is 105 Å². The highest BCUT2D eigenvalue weighted by atomic mass is 32.2. The zero-order chi connectivity index (χ0) is 12.3. The third-order valence-corrected chi connectivity index (χ3v) is 4.59. The van der Waals surface area contributed by atoms with Gasteiger partial charge in [0.25, 0.3) is 0 Å². The van der Waals surface area contributed by atoms with Crippen LogP contribution in [0.1, 0.15) is 41.6 Å². The normalized spacial score (nSPS) is 16.2. The number of hydrogen-bond acceptors (Lipinski definition) is 3. The first-order valence-electron chi connectivity index (χ1n) is 5.90. The van der Waals surface area contributed by atoms with Crippen molar-refractivity contribution < 1.29 is 9.90 Å². The van der Waals surface area contributed by atoms with Crippen molar-refractivity contribution in [1.82, 2.24) is 0 Å². The van der Waals surface area contributed by atoms with E-state index >= 15 is 0 Å². The molecule has 1 aromatic carbocycles. The topological polar surface area (TPSA) is 63.3 Å². The summed E-state index contributed by atoms with van der Waals surface area (Å²) in [5, 5.41) is 9.84. The van der Waals surface area contributed by atoms with Crippen LogP contribution in [0.15, 0.2) is 18.2 Å². The molecule has 0 amide bonds. The van der Waals surface area contributed by atoms with Gasteiger partial charge in [-0.3, -0.25) is 0 Å². The van der Waals surface area contributed by atoms with Gasteiger partial charge in [-0.1, -0.05) is 25.0 Å². The molecule has 3 nitrogen and oxygen atoms in total. The van der Waals surface area contributed by atoms with E-state index in [-0.39, 0.29) is 5.56 Å². The molecule has 0 unspecified atom stereocenters. The van der Waals surface area contributed by atoms with Gasteiger partial charge in [0.05, 0.1) is 5.56 Å². The minimum Gasteiger partial charge on any atom is -0.478 e. The van der Waals surface area contributed by atoms with E-state index in [9.17, 15) is 4.79 Å². The van der Waals surface area contributed by atoms with Crippen molar-refractivity contribution in [2.75, 3.05) is 5.73 Å². The number of benzene rings is 1. The maximum absolute atomic E-state index is 11.1. The average molecular weight is 251 g/mol. The lowest BCUT2D eigenvalue weighted by Crippen LogP contribution is -2.07. The number of nitrogens with two attached hydrogens (primary N) is 1. The summed E-state index contributed by atoms with van der Waals surface area (Å²) in [5.41, 5.74) is 7.20. The predicted molar refractivity (Wildman–Crippen MR) is 71.4 cm³/mol. The van der Waals surface area contributed by atoms with Crippen LogP contribution in [-0.4, -0.2) is 16.3 Å². The average Bonchev–Trinajstić information content (AvgIpc) is 2.78. The lowest BCUT2D eigenvalue weighted by molar-refractivity contribution is 0.0697. The summed E-state index contributed by atoms with van der Waals surface area (Å²) in [6.07, 6.45) is 5.13. The number of nitrogen functional groups attached to an aromatic ring is 1. The van der Waals surface area contributed by atoms with Crippen molar-refractivity contribution in [2.24, 2.45) is 0 Å². The number of carboxylic acid groups (broad SMARTS) is 1. The van der Waals surface area contributed by atoms with E-state index in [1.165, 1.54) is 25.7 Å². The van der Waals surface area contributed by atoms with Crippen LogP contribution >= 0.6 is 11.8 Å². The predicted octanol–water partition coefficient (Wildman–Crippen LogP) is 3.14. The summed E-state index contributed by atoms with van der Waals surface area (Å²) in [5.74, 6) is -0.178. The van der Waals surface area contributed by atoms with Crippen molar-refractivity contribution in [3.63, 3.8) is 0 Å². The molecular formula is C13H17NO2S. The molecule has 1 saturated carbocycles. The Balaban J connectivity index is 2.09. The van der Waals surface area contributed by atoms with Crippen molar-refractivity contribution in [2.45, 2.75) is 36.7 Å². The molecule has 0 spiro atoms.